The number of nitrogens with one attached hydrogen (secondary N) is 1. The maximum atomic E-state index is 13.0. The van der Waals surface area contributed by atoms with Gasteiger partial charge in [0, 0.05) is 11.3 Å². The van der Waals surface area contributed by atoms with E-state index in [1.54, 1.807) is 24.3 Å². The van der Waals surface area contributed by atoms with Crippen molar-refractivity contribution in [3.8, 4) is 5.75 Å². The Morgan fingerprint density at radius 1 is 1.21 bits per heavy atom. The van der Waals surface area contributed by atoms with Gasteiger partial charge in [-0.3, -0.25) is 9.59 Å². The highest BCUT2D eigenvalue weighted by atomic mass is 35.5. The van der Waals surface area contributed by atoms with Gasteiger partial charge >= 0.3 is 5.97 Å². The summed E-state index contributed by atoms with van der Waals surface area (Å²) in [6.07, 6.45) is -0.0142. The van der Waals surface area contributed by atoms with Crippen molar-refractivity contribution in [2.24, 2.45) is 0 Å². The maximum absolute atomic E-state index is 13.0. The predicted molar refractivity (Wildman–Crippen MR) is 87.7 cm³/mol. The molecule has 0 aliphatic carbocycles. The molecule has 0 unspecified atom stereocenters. The van der Waals surface area contributed by atoms with Crippen molar-refractivity contribution >= 4 is 29.2 Å². The summed E-state index contributed by atoms with van der Waals surface area (Å²) < 4.78 is 23.1. The molecular weight excluding hydrogens is 337 g/mol. The Kier molecular flexibility index (Phi) is 6.14. The van der Waals surface area contributed by atoms with Crippen LogP contribution < -0.4 is 10.1 Å². The van der Waals surface area contributed by atoms with Crippen molar-refractivity contribution in [2.75, 3.05) is 19.0 Å². The van der Waals surface area contributed by atoms with Gasteiger partial charge in [0.25, 0.3) is 5.91 Å². The fourth-order valence-corrected chi connectivity index (χ4v) is 2.15. The lowest BCUT2D eigenvalue weighted by atomic mass is 10.1. The summed E-state index contributed by atoms with van der Waals surface area (Å²) >= 11 is 5.62. The first kappa shape index (κ1) is 17.7. The molecule has 0 atom stereocenters. The summed E-state index contributed by atoms with van der Waals surface area (Å²) in [4.78, 5) is 23.5. The molecule has 0 fully saturated rings. The van der Waals surface area contributed by atoms with E-state index in [2.05, 4.69) is 5.32 Å². The first-order valence-corrected chi connectivity index (χ1v) is 7.40. The van der Waals surface area contributed by atoms with Crippen LogP contribution in [0.4, 0.5) is 10.1 Å². The number of hydrogen-bond donors (Lipinski definition) is 1. The number of benzene rings is 2. The molecule has 0 heterocycles. The highest BCUT2D eigenvalue weighted by Crippen LogP contribution is 2.20. The van der Waals surface area contributed by atoms with Crippen molar-refractivity contribution < 1.29 is 23.5 Å². The molecule has 1 amide bonds. The van der Waals surface area contributed by atoms with Gasteiger partial charge in [0.1, 0.15) is 11.6 Å². The number of methoxy groups -OCH3 is 1. The van der Waals surface area contributed by atoms with Crippen LogP contribution in [0.3, 0.4) is 0 Å². The quantitative estimate of drug-likeness (QED) is 0.812. The Morgan fingerprint density at radius 2 is 1.96 bits per heavy atom. The zero-order valence-corrected chi connectivity index (χ0v) is 13.6. The minimum atomic E-state index is -0.585. The standard InChI is InChI=1S/C17H15ClFNO4/c1-23-15-5-3-2-4-11(15)8-17(22)24-10-16(21)20-12-6-7-14(19)13(18)9-12/h2-7,9H,8,10H2,1H3,(H,20,21). The zero-order valence-electron chi connectivity index (χ0n) is 12.8. The Labute approximate surface area is 143 Å². The number of amides is 1. The lowest BCUT2D eigenvalue weighted by Gasteiger charge is -2.09. The molecule has 0 bridgehead atoms. The van der Waals surface area contributed by atoms with Gasteiger partial charge in [-0.25, -0.2) is 4.39 Å². The van der Waals surface area contributed by atoms with E-state index >= 15 is 0 Å². The number of esters is 1. The molecule has 0 aliphatic rings. The molecule has 0 saturated carbocycles. The molecule has 0 radical (unpaired) electrons. The molecule has 2 aromatic carbocycles. The second-order valence-electron chi connectivity index (χ2n) is 4.83. The van der Waals surface area contributed by atoms with E-state index in [1.165, 1.54) is 19.2 Å². The van der Waals surface area contributed by atoms with Gasteiger partial charge in [-0.15, -0.1) is 0 Å². The van der Waals surface area contributed by atoms with Crippen LogP contribution in [0.1, 0.15) is 5.56 Å². The molecular formula is C17H15ClFNO4. The Balaban J connectivity index is 1.84. The lowest BCUT2D eigenvalue weighted by molar-refractivity contribution is -0.146. The van der Waals surface area contributed by atoms with Crippen LogP contribution in [-0.4, -0.2) is 25.6 Å². The van der Waals surface area contributed by atoms with Gasteiger partial charge in [-0.2, -0.15) is 0 Å². The van der Waals surface area contributed by atoms with Crippen LogP contribution in [0, 0.1) is 5.82 Å². The van der Waals surface area contributed by atoms with E-state index in [9.17, 15) is 14.0 Å². The molecule has 24 heavy (non-hydrogen) atoms. The van der Waals surface area contributed by atoms with Crippen molar-refractivity contribution in [2.45, 2.75) is 6.42 Å². The number of para-hydroxylation sites is 1. The highest BCUT2D eigenvalue weighted by molar-refractivity contribution is 6.31. The third-order valence-corrected chi connectivity index (χ3v) is 3.38. The zero-order chi connectivity index (χ0) is 17.5. The second kappa shape index (κ2) is 8.31. The second-order valence-corrected chi connectivity index (χ2v) is 5.23. The summed E-state index contributed by atoms with van der Waals surface area (Å²) in [7, 11) is 1.51. The van der Waals surface area contributed by atoms with E-state index in [1.807, 2.05) is 0 Å². The molecule has 0 aromatic heterocycles. The molecule has 0 saturated heterocycles. The Morgan fingerprint density at radius 3 is 2.67 bits per heavy atom. The maximum Gasteiger partial charge on any atom is 0.310 e. The van der Waals surface area contributed by atoms with E-state index in [0.717, 1.165) is 6.07 Å². The fraction of sp³-hybridized carbons (Fsp3) is 0.176. The van der Waals surface area contributed by atoms with Crippen LogP contribution in [0.5, 0.6) is 5.75 Å². The van der Waals surface area contributed by atoms with Crippen LogP contribution in [0.2, 0.25) is 5.02 Å². The van der Waals surface area contributed by atoms with Crippen molar-refractivity contribution in [3.63, 3.8) is 0 Å². The molecule has 2 rings (SSSR count). The van der Waals surface area contributed by atoms with Crippen LogP contribution in [-0.2, 0) is 20.7 Å². The number of anilines is 1. The van der Waals surface area contributed by atoms with Crippen LogP contribution >= 0.6 is 11.6 Å². The van der Waals surface area contributed by atoms with Crippen LogP contribution in [0.15, 0.2) is 42.5 Å². The summed E-state index contributed by atoms with van der Waals surface area (Å²) in [6.45, 7) is -0.455. The van der Waals surface area contributed by atoms with Crippen molar-refractivity contribution in [3.05, 3.63) is 58.9 Å². The summed E-state index contributed by atoms with van der Waals surface area (Å²) in [6, 6.07) is 10.8. The smallest absolute Gasteiger partial charge is 0.310 e. The normalized spacial score (nSPS) is 10.1. The van der Waals surface area contributed by atoms with Gasteiger partial charge in [-0.05, 0) is 24.3 Å². The van der Waals surface area contributed by atoms with Crippen LogP contribution in [0.25, 0.3) is 0 Å². The Bertz CT molecular complexity index is 751. The Hall–Kier alpha value is -2.60. The van der Waals surface area contributed by atoms with E-state index < -0.39 is 24.3 Å². The predicted octanol–water partition coefficient (Wildman–Crippen LogP) is 3.21. The number of carbonyl (C=O) groups excluding carboxylic acids is 2. The molecule has 126 valence electrons. The third-order valence-electron chi connectivity index (χ3n) is 3.09. The first-order chi connectivity index (χ1) is 11.5. The molecule has 0 spiro atoms. The largest absolute Gasteiger partial charge is 0.496 e. The monoisotopic (exact) mass is 351 g/mol. The number of ether oxygens (including phenoxy) is 2. The minimum Gasteiger partial charge on any atom is -0.496 e. The number of hydrogen-bond acceptors (Lipinski definition) is 4. The van der Waals surface area contributed by atoms with E-state index in [-0.39, 0.29) is 11.4 Å². The number of rotatable bonds is 6. The van der Waals surface area contributed by atoms with Gasteiger partial charge in [-0.1, -0.05) is 29.8 Å². The van der Waals surface area contributed by atoms with Gasteiger partial charge in [0.05, 0.1) is 18.6 Å². The fourth-order valence-electron chi connectivity index (χ4n) is 1.97. The SMILES string of the molecule is COc1ccccc1CC(=O)OCC(=O)Nc1ccc(F)c(Cl)c1. The number of carbonyl (C=O) groups is 2. The summed E-state index contributed by atoms with van der Waals surface area (Å²) in [5, 5.41) is 2.35. The topological polar surface area (TPSA) is 64.6 Å². The molecule has 5 nitrogen and oxygen atoms in total. The van der Waals surface area contributed by atoms with Crippen molar-refractivity contribution in [1.29, 1.82) is 0 Å². The molecule has 2 aromatic rings. The summed E-state index contributed by atoms with van der Waals surface area (Å²) in [5.74, 6) is -1.13. The van der Waals surface area contributed by atoms with Crippen molar-refractivity contribution in [1.82, 2.24) is 0 Å². The first-order valence-electron chi connectivity index (χ1n) is 7.02. The van der Waals surface area contributed by atoms with Gasteiger partial charge < -0.3 is 14.8 Å². The highest BCUT2D eigenvalue weighted by Gasteiger charge is 2.12. The average molecular weight is 352 g/mol. The number of halogens is 2. The van der Waals surface area contributed by atoms with E-state index in [4.69, 9.17) is 21.1 Å². The average Bonchev–Trinajstić information content (AvgIpc) is 2.57. The molecule has 7 heteroatoms. The summed E-state index contributed by atoms with van der Waals surface area (Å²) in [5.41, 5.74) is 0.975. The lowest BCUT2D eigenvalue weighted by Crippen LogP contribution is -2.21. The van der Waals surface area contributed by atoms with Gasteiger partial charge in [0.15, 0.2) is 6.61 Å². The van der Waals surface area contributed by atoms with E-state index in [0.29, 0.717) is 17.0 Å². The third kappa shape index (κ3) is 4.96. The molecule has 0 aliphatic heterocycles. The molecule has 1 N–H and O–H groups in total. The minimum absolute atomic E-state index is 0.0142. The van der Waals surface area contributed by atoms with Gasteiger partial charge in [0.2, 0.25) is 0 Å².